The number of rotatable bonds is 8. The number of hydrogen-bond acceptors (Lipinski definition) is 10. The van der Waals surface area contributed by atoms with Crippen LogP contribution in [0.3, 0.4) is 0 Å². The second-order valence-electron chi connectivity index (χ2n) is 8.71. The Morgan fingerprint density at radius 3 is 2.36 bits per heavy atom. The van der Waals surface area contributed by atoms with Gasteiger partial charge < -0.3 is 38.9 Å². The van der Waals surface area contributed by atoms with Crippen molar-refractivity contribution in [2.24, 2.45) is 0 Å². The van der Waals surface area contributed by atoms with Crippen molar-refractivity contribution in [2.45, 2.75) is 39.3 Å². The van der Waals surface area contributed by atoms with Crippen LogP contribution in [0, 0.1) is 0 Å². The van der Waals surface area contributed by atoms with Crippen LogP contribution in [0.5, 0.6) is 34.5 Å². The summed E-state index contributed by atoms with van der Waals surface area (Å²) < 4.78 is 41.2. The fourth-order valence-corrected chi connectivity index (χ4v) is 5.35. The summed E-state index contributed by atoms with van der Waals surface area (Å²) >= 11 is 0. The maximum absolute atomic E-state index is 13.3. The van der Waals surface area contributed by atoms with Crippen molar-refractivity contribution in [2.75, 3.05) is 53.0 Å². The molecule has 0 saturated carbocycles. The van der Waals surface area contributed by atoms with Crippen molar-refractivity contribution in [3.63, 3.8) is 0 Å². The van der Waals surface area contributed by atoms with Gasteiger partial charge in [0.05, 0.1) is 49.8 Å². The zero-order valence-corrected chi connectivity index (χ0v) is 21.3. The molecule has 3 heterocycles. The predicted molar refractivity (Wildman–Crippen MR) is 131 cm³/mol. The van der Waals surface area contributed by atoms with Crippen LogP contribution in [-0.4, -0.2) is 58.2 Å². The van der Waals surface area contributed by atoms with Crippen molar-refractivity contribution in [1.29, 1.82) is 0 Å². The van der Waals surface area contributed by atoms with E-state index in [0.29, 0.717) is 59.9 Å². The fourth-order valence-electron chi connectivity index (χ4n) is 5.35. The van der Waals surface area contributed by atoms with E-state index < -0.39 is 12.1 Å². The monoisotopic (exact) mass is 500 g/mol. The topological polar surface area (TPSA) is 111 Å². The Hall–Kier alpha value is -3.53. The molecule has 2 aromatic rings. The normalized spacial score (nSPS) is 20.0. The first-order valence-corrected chi connectivity index (χ1v) is 12.2. The Labute approximate surface area is 210 Å². The molecule has 36 heavy (non-hydrogen) atoms. The summed E-state index contributed by atoms with van der Waals surface area (Å²) in [5, 5.41) is 0. The molecule has 0 saturated heterocycles. The number of ether oxygens (including phenoxy) is 7. The number of fused-ring (bicyclic) bond motifs is 4. The van der Waals surface area contributed by atoms with Gasteiger partial charge in [-0.05, 0) is 45.9 Å². The highest BCUT2D eigenvalue weighted by Crippen LogP contribution is 2.59. The lowest BCUT2D eigenvalue weighted by Crippen LogP contribution is -2.36. The van der Waals surface area contributed by atoms with Crippen LogP contribution >= 0.6 is 0 Å². The third-order valence-electron chi connectivity index (χ3n) is 6.77. The molecule has 0 amide bonds. The Kier molecular flexibility index (Phi) is 6.38. The molecule has 2 N–H and O–H groups in total. The van der Waals surface area contributed by atoms with Crippen LogP contribution in [0.1, 0.15) is 60.0 Å². The van der Waals surface area contributed by atoms with Gasteiger partial charge in [0.25, 0.3) is 0 Å². The third-order valence-corrected chi connectivity index (χ3v) is 6.77. The summed E-state index contributed by atoms with van der Waals surface area (Å²) in [6.07, 6.45) is 0.0496. The highest BCUT2D eigenvalue weighted by atomic mass is 16.7. The quantitative estimate of drug-likeness (QED) is 0.426. The van der Waals surface area contributed by atoms with Gasteiger partial charge in [-0.2, -0.15) is 0 Å². The highest BCUT2D eigenvalue weighted by molar-refractivity contribution is 6.03. The number of nitrogens with two attached hydrogens (primary N) is 1. The fraction of sp³-hybridized carbons (Fsp3) is 0.500. The van der Waals surface area contributed by atoms with Crippen LogP contribution in [0.2, 0.25) is 0 Å². The summed E-state index contributed by atoms with van der Waals surface area (Å²) in [6, 6.07) is 1.59. The van der Waals surface area contributed by atoms with Crippen LogP contribution < -0.4 is 34.2 Å². The zero-order chi connectivity index (χ0) is 25.6. The van der Waals surface area contributed by atoms with Gasteiger partial charge in [0.15, 0.2) is 29.1 Å². The van der Waals surface area contributed by atoms with Gasteiger partial charge in [0, 0.05) is 12.1 Å². The highest BCUT2D eigenvalue weighted by Gasteiger charge is 2.49. The Balaban J connectivity index is 1.75. The van der Waals surface area contributed by atoms with E-state index in [-0.39, 0.29) is 24.1 Å². The van der Waals surface area contributed by atoms with E-state index >= 15 is 0 Å². The molecule has 0 aromatic heterocycles. The average molecular weight is 501 g/mol. The molecule has 2 unspecified atom stereocenters. The lowest BCUT2D eigenvalue weighted by Gasteiger charge is -2.38. The van der Waals surface area contributed by atoms with E-state index in [9.17, 15) is 4.79 Å². The van der Waals surface area contributed by atoms with Crippen LogP contribution in [0.4, 0.5) is 5.69 Å². The molecule has 10 heteroatoms. The SMILES string of the molecule is CCOc1c(N)c2c(c(OCC)c1OCC)C(C1c3c(cc(OC)c4c3OCO4)CCN1C)OC2=O. The summed E-state index contributed by atoms with van der Waals surface area (Å²) in [7, 11) is 3.60. The molecule has 3 aliphatic heterocycles. The van der Waals surface area contributed by atoms with Crippen molar-refractivity contribution >= 4 is 11.7 Å². The molecule has 194 valence electrons. The molecule has 2 atom stereocenters. The number of hydrogen-bond donors (Lipinski definition) is 1. The van der Waals surface area contributed by atoms with Gasteiger partial charge in [0.2, 0.25) is 18.3 Å². The summed E-state index contributed by atoms with van der Waals surface area (Å²) in [5.41, 5.74) is 9.45. The van der Waals surface area contributed by atoms with E-state index in [1.54, 1.807) is 7.11 Å². The molecule has 0 fully saturated rings. The number of esters is 1. The molecular weight excluding hydrogens is 468 g/mol. The molecule has 5 rings (SSSR count). The lowest BCUT2D eigenvalue weighted by atomic mass is 9.85. The maximum Gasteiger partial charge on any atom is 0.341 e. The van der Waals surface area contributed by atoms with Crippen LogP contribution in [0.15, 0.2) is 6.07 Å². The second kappa shape index (κ2) is 9.50. The predicted octanol–water partition coefficient (Wildman–Crippen LogP) is 3.64. The molecule has 10 nitrogen and oxygen atoms in total. The minimum absolute atomic E-state index is 0.0863. The van der Waals surface area contributed by atoms with Crippen LogP contribution in [-0.2, 0) is 11.2 Å². The van der Waals surface area contributed by atoms with Gasteiger partial charge in [-0.1, -0.05) is 0 Å². The molecule has 0 radical (unpaired) electrons. The molecular formula is C26H32N2O8. The summed E-state index contributed by atoms with van der Waals surface area (Å²) in [5.74, 6) is 2.32. The summed E-state index contributed by atoms with van der Waals surface area (Å²) in [4.78, 5) is 15.5. The minimum atomic E-state index is -0.725. The number of benzene rings is 2. The largest absolute Gasteiger partial charge is 0.493 e. The minimum Gasteiger partial charge on any atom is -0.493 e. The van der Waals surface area contributed by atoms with Gasteiger partial charge in [-0.3, -0.25) is 4.90 Å². The number of methoxy groups -OCH3 is 1. The van der Waals surface area contributed by atoms with Gasteiger partial charge in [-0.25, -0.2) is 4.79 Å². The molecule has 0 aliphatic carbocycles. The van der Waals surface area contributed by atoms with Gasteiger partial charge in [0.1, 0.15) is 0 Å². The first-order chi connectivity index (χ1) is 17.5. The van der Waals surface area contributed by atoms with Crippen molar-refractivity contribution < 1.29 is 38.0 Å². The second-order valence-corrected chi connectivity index (χ2v) is 8.71. The van der Waals surface area contributed by atoms with Crippen molar-refractivity contribution in [3.8, 4) is 34.5 Å². The molecule has 0 bridgehead atoms. The average Bonchev–Trinajstić information content (AvgIpc) is 3.48. The molecule has 2 aromatic carbocycles. The van der Waals surface area contributed by atoms with Crippen LogP contribution in [0.25, 0.3) is 0 Å². The zero-order valence-electron chi connectivity index (χ0n) is 21.3. The van der Waals surface area contributed by atoms with Crippen molar-refractivity contribution in [3.05, 3.63) is 28.3 Å². The number of nitrogen functional groups attached to an aromatic ring is 1. The molecule has 0 spiro atoms. The third kappa shape index (κ3) is 3.54. The van der Waals surface area contributed by atoms with Gasteiger partial charge in [-0.15, -0.1) is 0 Å². The standard InChI is InChI=1S/C26H32N2O8/c1-6-31-23-17-16(18(27)24(32-7-2)25(23)33-8-3)26(29)36-21(17)19-15-13(9-10-28(19)4)11-14(30-5)20-22(15)35-12-34-20/h11,19,21H,6-10,12,27H2,1-5H3. The van der Waals surface area contributed by atoms with Crippen molar-refractivity contribution in [1.82, 2.24) is 4.90 Å². The lowest BCUT2D eigenvalue weighted by molar-refractivity contribution is 0.00810. The number of carbonyl (C=O) groups is 1. The van der Waals surface area contributed by atoms with E-state index in [4.69, 9.17) is 38.9 Å². The molecule has 3 aliphatic rings. The number of nitrogens with zero attached hydrogens (tertiary/aromatic N) is 1. The smallest absolute Gasteiger partial charge is 0.341 e. The number of cyclic esters (lactones) is 1. The summed E-state index contributed by atoms with van der Waals surface area (Å²) in [6.45, 7) is 7.46. The Morgan fingerprint density at radius 2 is 1.67 bits per heavy atom. The Morgan fingerprint density at radius 1 is 1.00 bits per heavy atom. The first-order valence-electron chi connectivity index (χ1n) is 12.2. The number of anilines is 1. The maximum atomic E-state index is 13.3. The van der Waals surface area contributed by atoms with Gasteiger partial charge >= 0.3 is 5.97 Å². The van der Waals surface area contributed by atoms with E-state index in [1.807, 2.05) is 33.9 Å². The Bertz CT molecular complexity index is 1200. The van der Waals surface area contributed by atoms with E-state index in [1.165, 1.54) is 0 Å². The van der Waals surface area contributed by atoms with E-state index in [2.05, 4.69) is 4.90 Å². The van der Waals surface area contributed by atoms with E-state index in [0.717, 1.165) is 24.1 Å². The number of carbonyl (C=O) groups excluding carboxylic acids is 1. The number of likely N-dealkylation sites (N-methyl/N-ethyl adjacent to an activating group) is 1. The first kappa shape index (κ1) is 24.2.